The Morgan fingerprint density at radius 1 is 1.20 bits per heavy atom. The van der Waals surface area contributed by atoms with Crippen LogP contribution in [0.25, 0.3) is 0 Å². The molecule has 0 spiro atoms. The first kappa shape index (κ1) is 15.4. The topological polar surface area (TPSA) is 30.5 Å². The van der Waals surface area contributed by atoms with E-state index in [2.05, 4.69) is 35.1 Å². The molecule has 3 nitrogen and oxygen atoms in total. The van der Waals surface area contributed by atoms with E-state index in [1.54, 1.807) is 7.11 Å². The van der Waals surface area contributed by atoms with Crippen LogP contribution in [0.4, 0.5) is 0 Å². The molecule has 92 valence electrons. The van der Waals surface area contributed by atoms with Gasteiger partial charge in [0, 0.05) is 38.2 Å². The molecule has 0 fully saturated rings. The lowest BCUT2D eigenvalue weighted by Crippen LogP contribution is -2.37. The Labute approximate surface area is 102 Å². The van der Waals surface area contributed by atoms with Gasteiger partial charge in [0.15, 0.2) is 0 Å². The third kappa shape index (κ3) is 9.30. The summed E-state index contributed by atoms with van der Waals surface area (Å²) >= 11 is 3.50. The molecule has 0 amide bonds. The summed E-state index contributed by atoms with van der Waals surface area (Å²) in [5.74, 6) is 0.651. The lowest BCUT2D eigenvalue weighted by Gasteiger charge is -2.19. The zero-order chi connectivity index (χ0) is 11.5. The molecule has 0 aliphatic heterocycles. The molecule has 0 rings (SSSR count). The molecule has 1 N–H and O–H groups in total. The summed E-state index contributed by atoms with van der Waals surface area (Å²) < 4.78 is 10.4. The number of rotatable bonds is 10. The number of nitrogens with one attached hydrogen (secondary N) is 1. The molecule has 0 radical (unpaired) electrons. The highest BCUT2D eigenvalue weighted by Crippen LogP contribution is 2.03. The van der Waals surface area contributed by atoms with Gasteiger partial charge < -0.3 is 14.8 Å². The van der Waals surface area contributed by atoms with Crippen molar-refractivity contribution in [1.82, 2.24) is 5.32 Å². The summed E-state index contributed by atoms with van der Waals surface area (Å²) in [6.07, 6.45) is 0.975. The smallest absolute Gasteiger partial charge is 0.0591 e. The second kappa shape index (κ2) is 10.9. The number of hydrogen-bond acceptors (Lipinski definition) is 3. The monoisotopic (exact) mass is 281 g/mol. The minimum Gasteiger partial charge on any atom is -0.385 e. The third-order valence-corrected chi connectivity index (χ3v) is 2.96. The second-order valence-electron chi connectivity index (χ2n) is 3.92. The van der Waals surface area contributed by atoms with Crippen molar-refractivity contribution in [3.8, 4) is 0 Å². The quantitative estimate of drug-likeness (QED) is 0.491. The molecular weight excluding hydrogens is 258 g/mol. The molecule has 0 saturated carbocycles. The zero-order valence-electron chi connectivity index (χ0n) is 10.1. The molecule has 0 aromatic carbocycles. The van der Waals surface area contributed by atoms with Gasteiger partial charge in [-0.05, 0) is 12.3 Å². The molecule has 0 aliphatic rings. The molecule has 0 aromatic rings. The molecule has 0 bridgehead atoms. The van der Waals surface area contributed by atoms with Gasteiger partial charge in [-0.2, -0.15) is 0 Å². The van der Waals surface area contributed by atoms with Gasteiger partial charge in [0.25, 0.3) is 0 Å². The van der Waals surface area contributed by atoms with Crippen molar-refractivity contribution >= 4 is 15.9 Å². The molecule has 4 heteroatoms. The Bertz CT molecular complexity index is 134. The van der Waals surface area contributed by atoms with Crippen molar-refractivity contribution in [1.29, 1.82) is 0 Å². The maximum atomic E-state index is 5.45. The number of ether oxygens (including phenoxy) is 2. The highest BCUT2D eigenvalue weighted by molar-refractivity contribution is 9.09. The minimum atomic E-state index is 0.535. The predicted octanol–water partition coefficient (Wildman–Crippen LogP) is 2.05. The van der Waals surface area contributed by atoms with E-state index in [0.717, 1.165) is 38.1 Å². The van der Waals surface area contributed by atoms with Gasteiger partial charge in [-0.25, -0.2) is 0 Å². The van der Waals surface area contributed by atoms with Gasteiger partial charge >= 0.3 is 0 Å². The fraction of sp³-hybridized carbons (Fsp3) is 1.00. The molecule has 0 aliphatic carbocycles. The van der Waals surface area contributed by atoms with E-state index < -0.39 is 0 Å². The lowest BCUT2D eigenvalue weighted by molar-refractivity contribution is 0.102. The van der Waals surface area contributed by atoms with Gasteiger partial charge in [0.05, 0.1) is 6.61 Å². The number of hydrogen-bond donors (Lipinski definition) is 1. The third-order valence-electron chi connectivity index (χ3n) is 2.26. The Kier molecular flexibility index (Phi) is 11.1. The van der Waals surface area contributed by atoms with E-state index in [1.807, 2.05) is 0 Å². The van der Waals surface area contributed by atoms with Gasteiger partial charge in [-0.15, -0.1) is 0 Å². The second-order valence-corrected chi connectivity index (χ2v) is 4.57. The Hall–Kier alpha value is 0.360. The number of methoxy groups -OCH3 is 1. The largest absolute Gasteiger partial charge is 0.385 e. The van der Waals surface area contributed by atoms with E-state index in [-0.39, 0.29) is 0 Å². The highest BCUT2D eigenvalue weighted by atomic mass is 79.9. The standard InChI is InChI=1S/C11H24BrNO2/c1-10(2)11(9-12)13-5-8-15-7-4-6-14-3/h10-11,13H,4-9H2,1-3H3. The van der Waals surface area contributed by atoms with Crippen LogP contribution in [0.3, 0.4) is 0 Å². The van der Waals surface area contributed by atoms with Crippen LogP contribution in [-0.2, 0) is 9.47 Å². The normalized spacial score (nSPS) is 13.4. The maximum absolute atomic E-state index is 5.45. The summed E-state index contributed by atoms with van der Waals surface area (Å²) in [6, 6.07) is 0.535. The first-order valence-electron chi connectivity index (χ1n) is 5.58. The summed E-state index contributed by atoms with van der Waals surface area (Å²) in [5.41, 5.74) is 0. The van der Waals surface area contributed by atoms with Crippen LogP contribution in [0.1, 0.15) is 20.3 Å². The molecule has 0 aromatic heterocycles. The van der Waals surface area contributed by atoms with Gasteiger partial charge in [-0.1, -0.05) is 29.8 Å². The summed E-state index contributed by atoms with van der Waals surface area (Å²) in [4.78, 5) is 0. The molecule has 0 heterocycles. The first-order valence-corrected chi connectivity index (χ1v) is 6.70. The van der Waals surface area contributed by atoms with E-state index in [9.17, 15) is 0 Å². The average molecular weight is 282 g/mol. The van der Waals surface area contributed by atoms with Crippen LogP contribution in [0.2, 0.25) is 0 Å². The fourth-order valence-corrected chi connectivity index (χ4v) is 2.17. The Morgan fingerprint density at radius 2 is 1.93 bits per heavy atom. The lowest BCUT2D eigenvalue weighted by atomic mass is 10.1. The number of halogens is 1. The van der Waals surface area contributed by atoms with Gasteiger partial charge in [0.1, 0.15) is 0 Å². The highest BCUT2D eigenvalue weighted by Gasteiger charge is 2.09. The van der Waals surface area contributed by atoms with Crippen LogP contribution in [0.5, 0.6) is 0 Å². The van der Waals surface area contributed by atoms with Gasteiger partial charge in [-0.3, -0.25) is 0 Å². The molecule has 15 heavy (non-hydrogen) atoms. The average Bonchev–Trinajstić information content (AvgIpc) is 2.21. The number of alkyl halides is 1. The summed E-state index contributed by atoms with van der Waals surface area (Å²) in [7, 11) is 1.71. The van der Waals surface area contributed by atoms with E-state index in [1.165, 1.54) is 0 Å². The van der Waals surface area contributed by atoms with Crippen molar-refractivity contribution in [3.05, 3.63) is 0 Å². The predicted molar refractivity (Wildman–Crippen MR) is 67.7 cm³/mol. The molecule has 0 saturated heterocycles. The summed E-state index contributed by atoms with van der Waals surface area (Å²) in [5, 5.41) is 4.45. The first-order chi connectivity index (χ1) is 7.22. The van der Waals surface area contributed by atoms with Crippen molar-refractivity contribution < 1.29 is 9.47 Å². The van der Waals surface area contributed by atoms with E-state index in [0.29, 0.717) is 12.0 Å². The van der Waals surface area contributed by atoms with Crippen LogP contribution in [0, 0.1) is 5.92 Å². The van der Waals surface area contributed by atoms with E-state index in [4.69, 9.17) is 9.47 Å². The SMILES string of the molecule is COCCCOCCNC(CBr)C(C)C. The fourth-order valence-electron chi connectivity index (χ4n) is 1.19. The van der Waals surface area contributed by atoms with Crippen LogP contribution < -0.4 is 5.32 Å². The minimum absolute atomic E-state index is 0.535. The maximum Gasteiger partial charge on any atom is 0.0591 e. The Morgan fingerprint density at radius 3 is 2.47 bits per heavy atom. The van der Waals surface area contributed by atoms with Gasteiger partial charge in [0.2, 0.25) is 0 Å². The van der Waals surface area contributed by atoms with Crippen LogP contribution in [-0.4, -0.2) is 44.8 Å². The van der Waals surface area contributed by atoms with Crippen LogP contribution >= 0.6 is 15.9 Å². The Balaban J connectivity index is 3.22. The van der Waals surface area contributed by atoms with Crippen molar-refractivity contribution in [2.75, 3.05) is 38.8 Å². The van der Waals surface area contributed by atoms with Crippen molar-refractivity contribution in [2.45, 2.75) is 26.3 Å². The molecular formula is C11H24BrNO2. The van der Waals surface area contributed by atoms with E-state index >= 15 is 0 Å². The van der Waals surface area contributed by atoms with Crippen molar-refractivity contribution in [3.63, 3.8) is 0 Å². The molecule has 1 atom stereocenters. The van der Waals surface area contributed by atoms with Crippen LogP contribution in [0.15, 0.2) is 0 Å². The summed E-state index contributed by atoms with van der Waals surface area (Å²) in [6.45, 7) is 7.71. The zero-order valence-corrected chi connectivity index (χ0v) is 11.7. The molecule has 1 unspecified atom stereocenters. The van der Waals surface area contributed by atoms with Crippen molar-refractivity contribution in [2.24, 2.45) is 5.92 Å².